The van der Waals surface area contributed by atoms with Crippen LogP contribution in [0.3, 0.4) is 0 Å². The molecule has 2 aromatic carbocycles. The van der Waals surface area contributed by atoms with Crippen LogP contribution in [0.5, 0.6) is 5.75 Å². The molecule has 0 aliphatic heterocycles. The van der Waals surface area contributed by atoms with E-state index in [1.807, 2.05) is 42.6 Å². The lowest BCUT2D eigenvalue weighted by atomic mass is 9.99. The third kappa shape index (κ3) is 4.87. The number of aromatic nitrogens is 2. The number of H-pyrrole nitrogens is 1. The fourth-order valence-electron chi connectivity index (χ4n) is 3.96. The molecule has 0 fully saturated rings. The van der Waals surface area contributed by atoms with Crippen molar-refractivity contribution in [1.29, 1.82) is 0 Å². The lowest BCUT2D eigenvalue weighted by Crippen LogP contribution is -2.34. The highest BCUT2D eigenvalue weighted by Gasteiger charge is 2.19. The SMILES string of the molecule is COc1ccccc1-c1c[nH]c2ncc(-c3ccc(NC(=O)N(C)CCO)c(C(=O)N(C)C)c3)cc12. The smallest absolute Gasteiger partial charge is 0.321 e. The summed E-state index contributed by atoms with van der Waals surface area (Å²) in [4.78, 5) is 36.1. The fraction of sp³-hybridized carbons (Fsp3) is 0.222. The molecule has 0 aliphatic carbocycles. The number of hydrogen-bond donors (Lipinski definition) is 3. The van der Waals surface area contributed by atoms with Gasteiger partial charge in [-0.2, -0.15) is 0 Å². The Morgan fingerprint density at radius 2 is 1.83 bits per heavy atom. The van der Waals surface area contributed by atoms with Crippen molar-refractivity contribution in [3.8, 4) is 28.0 Å². The number of amides is 3. The predicted molar refractivity (Wildman–Crippen MR) is 140 cm³/mol. The molecule has 2 aromatic heterocycles. The third-order valence-electron chi connectivity index (χ3n) is 5.94. The van der Waals surface area contributed by atoms with Gasteiger partial charge in [-0.1, -0.05) is 24.3 Å². The van der Waals surface area contributed by atoms with E-state index in [1.54, 1.807) is 46.6 Å². The largest absolute Gasteiger partial charge is 0.496 e. The minimum absolute atomic E-state index is 0.155. The molecular formula is C27H29N5O4. The number of para-hydroxylation sites is 1. The summed E-state index contributed by atoms with van der Waals surface area (Å²) in [5.74, 6) is 0.510. The van der Waals surface area contributed by atoms with Crippen molar-refractivity contribution in [3.05, 3.63) is 66.5 Å². The third-order valence-corrected chi connectivity index (χ3v) is 5.94. The van der Waals surface area contributed by atoms with Gasteiger partial charge in [0, 0.05) is 62.2 Å². The van der Waals surface area contributed by atoms with Crippen molar-refractivity contribution in [2.24, 2.45) is 0 Å². The van der Waals surface area contributed by atoms with Gasteiger partial charge in [0.1, 0.15) is 11.4 Å². The van der Waals surface area contributed by atoms with Gasteiger partial charge in [0.25, 0.3) is 5.91 Å². The molecule has 0 atom stereocenters. The number of methoxy groups -OCH3 is 1. The number of hydrogen-bond acceptors (Lipinski definition) is 5. The van der Waals surface area contributed by atoms with Crippen LogP contribution in [0.15, 0.2) is 60.9 Å². The molecular weight excluding hydrogens is 458 g/mol. The molecule has 3 amide bonds. The Bertz CT molecular complexity index is 1410. The van der Waals surface area contributed by atoms with Crippen molar-refractivity contribution in [2.45, 2.75) is 0 Å². The number of likely N-dealkylation sites (N-methyl/N-ethyl adjacent to an activating group) is 1. The second-order valence-electron chi connectivity index (χ2n) is 8.56. The van der Waals surface area contributed by atoms with Crippen LogP contribution in [0.4, 0.5) is 10.5 Å². The molecule has 9 heteroatoms. The van der Waals surface area contributed by atoms with Crippen LogP contribution in [0.1, 0.15) is 10.4 Å². The van der Waals surface area contributed by atoms with Gasteiger partial charge < -0.3 is 29.9 Å². The highest BCUT2D eigenvalue weighted by Crippen LogP contribution is 2.36. The second kappa shape index (κ2) is 10.5. The number of rotatable bonds is 7. The van der Waals surface area contributed by atoms with Crippen molar-refractivity contribution in [2.75, 3.05) is 46.7 Å². The minimum atomic E-state index is -0.415. The summed E-state index contributed by atoms with van der Waals surface area (Å²) in [6.07, 6.45) is 3.65. The minimum Gasteiger partial charge on any atom is -0.496 e. The highest BCUT2D eigenvalue weighted by atomic mass is 16.5. The van der Waals surface area contributed by atoms with Crippen LogP contribution in [0.2, 0.25) is 0 Å². The van der Waals surface area contributed by atoms with E-state index < -0.39 is 6.03 Å². The number of ether oxygens (including phenoxy) is 1. The molecule has 36 heavy (non-hydrogen) atoms. The number of aliphatic hydroxyl groups is 1. The van der Waals surface area contributed by atoms with Crippen molar-refractivity contribution in [3.63, 3.8) is 0 Å². The average molecular weight is 488 g/mol. The number of benzene rings is 2. The summed E-state index contributed by atoms with van der Waals surface area (Å²) in [5, 5.41) is 12.8. The van der Waals surface area contributed by atoms with E-state index in [9.17, 15) is 9.59 Å². The number of aromatic amines is 1. The Morgan fingerprint density at radius 1 is 1.06 bits per heavy atom. The van der Waals surface area contributed by atoms with E-state index in [0.29, 0.717) is 11.3 Å². The highest BCUT2D eigenvalue weighted by molar-refractivity contribution is 6.04. The molecule has 0 radical (unpaired) electrons. The van der Waals surface area contributed by atoms with E-state index in [-0.39, 0.29) is 19.1 Å². The Hall–Kier alpha value is -4.37. The van der Waals surface area contributed by atoms with Gasteiger partial charge in [-0.25, -0.2) is 9.78 Å². The first-order valence-electron chi connectivity index (χ1n) is 11.4. The van der Waals surface area contributed by atoms with E-state index in [2.05, 4.69) is 15.3 Å². The van der Waals surface area contributed by atoms with E-state index >= 15 is 0 Å². The number of pyridine rings is 1. The van der Waals surface area contributed by atoms with Gasteiger partial charge >= 0.3 is 6.03 Å². The van der Waals surface area contributed by atoms with Gasteiger partial charge in [-0.05, 0) is 29.8 Å². The van der Waals surface area contributed by atoms with Crippen LogP contribution < -0.4 is 10.1 Å². The number of urea groups is 1. The van der Waals surface area contributed by atoms with E-state index in [1.165, 1.54) is 9.80 Å². The maximum atomic E-state index is 13.0. The number of nitrogens with one attached hydrogen (secondary N) is 2. The summed E-state index contributed by atoms with van der Waals surface area (Å²) in [6.45, 7) is 0.0234. The second-order valence-corrected chi connectivity index (χ2v) is 8.56. The van der Waals surface area contributed by atoms with Crippen LogP contribution in [0, 0.1) is 0 Å². The Morgan fingerprint density at radius 3 is 2.56 bits per heavy atom. The number of fused-ring (bicyclic) bond motifs is 1. The first-order valence-corrected chi connectivity index (χ1v) is 11.4. The summed E-state index contributed by atoms with van der Waals surface area (Å²) in [5.41, 5.74) is 4.97. The maximum absolute atomic E-state index is 13.0. The first-order chi connectivity index (χ1) is 17.3. The number of nitrogens with zero attached hydrogens (tertiary/aromatic N) is 3. The molecule has 3 N–H and O–H groups in total. The first kappa shape index (κ1) is 24.7. The molecule has 0 aliphatic rings. The summed E-state index contributed by atoms with van der Waals surface area (Å²) in [6, 6.07) is 14.7. The Kier molecular flexibility index (Phi) is 7.21. The van der Waals surface area contributed by atoms with Crippen molar-refractivity contribution < 1.29 is 19.4 Å². The topological polar surface area (TPSA) is 111 Å². The molecule has 4 aromatic rings. The molecule has 0 saturated carbocycles. The molecule has 0 spiro atoms. The number of carbonyl (C=O) groups is 2. The molecule has 0 unspecified atom stereocenters. The van der Waals surface area contributed by atoms with Crippen molar-refractivity contribution >= 4 is 28.7 Å². The number of carbonyl (C=O) groups excluding carboxylic acids is 2. The Balaban J connectivity index is 1.77. The Labute approximate surface area is 209 Å². The molecule has 4 rings (SSSR count). The molecule has 0 saturated heterocycles. The lowest BCUT2D eigenvalue weighted by molar-refractivity contribution is 0.0828. The summed E-state index contributed by atoms with van der Waals surface area (Å²) >= 11 is 0. The van der Waals surface area contributed by atoms with Crippen LogP contribution >= 0.6 is 0 Å². The lowest BCUT2D eigenvalue weighted by Gasteiger charge is -2.20. The normalized spacial score (nSPS) is 10.8. The molecule has 2 heterocycles. The zero-order valence-corrected chi connectivity index (χ0v) is 20.7. The van der Waals surface area contributed by atoms with E-state index in [0.717, 1.165) is 39.0 Å². The maximum Gasteiger partial charge on any atom is 0.321 e. The quantitative estimate of drug-likeness (QED) is 0.364. The average Bonchev–Trinajstić information content (AvgIpc) is 3.31. The van der Waals surface area contributed by atoms with Gasteiger partial charge in [-0.15, -0.1) is 0 Å². The van der Waals surface area contributed by atoms with Gasteiger partial charge in [-0.3, -0.25) is 4.79 Å². The van der Waals surface area contributed by atoms with Gasteiger partial charge in [0.05, 0.1) is 25.0 Å². The van der Waals surface area contributed by atoms with E-state index in [4.69, 9.17) is 9.84 Å². The zero-order valence-electron chi connectivity index (χ0n) is 20.7. The van der Waals surface area contributed by atoms with Crippen LogP contribution in [-0.4, -0.2) is 78.2 Å². The molecule has 9 nitrogen and oxygen atoms in total. The summed E-state index contributed by atoms with van der Waals surface area (Å²) in [7, 11) is 6.53. The number of aliphatic hydroxyl groups excluding tert-OH is 1. The summed E-state index contributed by atoms with van der Waals surface area (Å²) < 4.78 is 5.55. The van der Waals surface area contributed by atoms with Crippen LogP contribution in [-0.2, 0) is 0 Å². The standard InChI is InChI=1S/C27H29N5O4/c1-31(2)26(34)21-13-17(9-10-23(21)30-27(35)32(3)11-12-33)18-14-20-22(16-29-25(20)28-15-18)19-7-5-6-8-24(19)36-4/h5-10,13-16,33H,11-12H2,1-4H3,(H,28,29)(H,30,35). The van der Waals surface area contributed by atoms with Gasteiger partial charge in [0.15, 0.2) is 0 Å². The molecule has 0 bridgehead atoms. The fourth-order valence-corrected chi connectivity index (χ4v) is 3.96. The predicted octanol–water partition coefficient (Wildman–Crippen LogP) is 4.06. The zero-order chi connectivity index (χ0) is 25.8. The van der Waals surface area contributed by atoms with Crippen LogP contribution in [0.25, 0.3) is 33.3 Å². The monoisotopic (exact) mass is 487 g/mol. The number of anilines is 1. The molecule has 186 valence electrons. The van der Waals surface area contributed by atoms with Gasteiger partial charge in [0.2, 0.25) is 0 Å². The van der Waals surface area contributed by atoms with Crippen molar-refractivity contribution in [1.82, 2.24) is 19.8 Å².